The number of para-hydroxylation sites is 1. The lowest BCUT2D eigenvalue weighted by atomic mass is 10.1. The van der Waals surface area contributed by atoms with Crippen molar-refractivity contribution in [3.05, 3.63) is 98.9 Å². The number of nitro benzene ring substituents is 1. The number of thioether (sulfide) groups is 1. The molecule has 43 heavy (non-hydrogen) atoms. The highest BCUT2D eigenvalue weighted by Crippen LogP contribution is 2.38. The van der Waals surface area contributed by atoms with Crippen molar-refractivity contribution in [3.63, 3.8) is 0 Å². The number of carbonyl (C=O) groups excluding carboxylic acids is 3. The molecule has 0 radical (unpaired) electrons. The molecule has 5 rings (SSSR count). The Bertz CT molecular complexity index is 1610. The van der Waals surface area contributed by atoms with E-state index in [1.54, 1.807) is 11.0 Å². The third-order valence-electron chi connectivity index (χ3n) is 6.79. The van der Waals surface area contributed by atoms with E-state index in [0.29, 0.717) is 55.6 Å². The summed E-state index contributed by atoms with van der Waals surface area (Å²) in [6.45, 7) is 1.73. The fourth-order valence-electron chi connectivity index (χ4n) is 4.59. The maximum absolute atomic E-state index is 13.0. The summed E-state index contributed by atoms with van der Waals surface area (Å²) in [6.07, 6.45) is -3.36. The van der Waals surface area contributed by atoms with Crippen molar-refractivity contribution in [1.82, 2.24) is 9.80 Å². The smallest absolute Gasteiger partial charge is 0.416 e. The molecule has 3 amide bonds. The fraction of sp³-hybridized carbons (Fsp3) is 0.207. The number of nitro groups is 1. The molecule has 3 aromatic rings. The second-order valence-corrected chi connectivity index (χ2v) is 10.6. The summed E-state index contributed by atoms with van der Waals surface area (Å²) in [4.78, 5) is 53.7. The van der Waals surface area contributed by atoms with Crippen molar-refractivity contribution in [1.29, 1.82) is 0 Å². The van der Waals surface area contributed by atoms with Gasteiger partial charge in [0.25, 0.3) is 11.1 Å². The van der Waals surface area contributed by atoms with Crippen LogP contribution >= 0.6 is 11.8 Å². The van der Waals surface area contributed by atoms with E-state index in [1.165, 1.54) is 24.3 Å². The molecule has 0 saturated carbocycles. The molecule has 0 bridgehead atoms. The Balaban J connectivity index is 1.24. The third-order valence-corrected chi connectivity index (χ3v) is 7.69. The maximum Gasteiger partial charge on any atom is 0.416 e. The van der Waals surface area contributed by atoms with Crippen LogP contribution in [0.5, 0.6) is 11.5 Å². The normalized spacial score (nSPS) is 16.6. The Morgan fingerprint density at radius 3 is 2.37 bits per heavy atom. The first kappa shape index (κ1) is 29.6. The van der Waals surface area contributed by atoms with E-state index < -0.39 is 45.8 Å². The van der Waals surface area contributed by atoms with Crippen LogP contribution in [0, 0.1) is 10.1 Å². The minimum atomic E-state index is -4.77. The highest BCUT2D eigenvalue weighted by atomic mass is 32.2. The first-order valence-corrected chi connectivity index (χ1v) is 13.8. The molecule has 0 N–H and O–H groups in total. The number of rotatable bonds is 7. The Kier molecular flexibility index (Phi) is 8.39. The van der Waals surface area contributed by atoms with Gasteiger partial charge in [0.1, 0.15) is 12.3 Å². The van der Waals surface area contributed by atoms with Gasteiger partial charge in [-0.05, 0) is 59.8 Å². The number of piperazine rings is 1. The van der Waals surface area contributed by atoms with Gasteiger partial charge in [-0.15, -0.1) is 0 Å². The van der Waals surface area contributed by atoms with E-state index in [0.717, 1.165) is 16.7 Å². The Morgan fingerprint density at radius 1 is 0.977 bits per heavy atom. The summed E-state index contributed by atoms with van der Waals surface area (Å²) in [5.41, 5.74) is -0.616. The van der Waals surface area contributed by atoms with Gasteiger partial charge in [0.05, 0.1) is 15.4 Å². The summed E-state index contributed by atoms with van der Waals surface area (Å²) in [5, 5.41) is 10.8. The quantitative estimate of drug-likeness (QED) is 0.187. The molecular formula is C29H23F3N4O6S. The van der Waals surface area contributed by atoms with E-state index in [-0.39, 0.29) is 16.6 Å². The fourth-order valence-corrected chi connectivity index (χ4v) is 5.43. The van der Waals surface area contributed by atoms with Crippen molar-refractivity contribution in [2.24, 2.45) is 0 Å². The number of benzene rings is 3. The predicted octanol–water partition coefficient (Wildman–Crippen LogP) is 5.79. The summed E-state index contributed by atoms with van der Waals surface area (Å²) in [5.74, 6) is -1.33. The Labute approximate surface area is 247 Å². The van der Waals surface area contributed by atoms with Crippen molar-refractivity contribution in [2.45, 2.75) is 6.18 Å². The van der Waals surface area contributed by atoms with E-state index in [4.69, 9.17) is 4.74 Å². The molecular weight excluding hydrogens is 589 g/mol. The second kappa shape index (κ2) is 12.2. The molecule has 2 fully saturated rings. The van der Waals surface area contributed by atoms with Crippen LogP contribution < -0.4 is 9.64 Å². The standard InChI is InChI=1S/C29H23F3N4O6S/c30-29(31,32)20-9-10-24(23(17-20)36(40)41)42-22-8-4-5-19(15-22)16-25-27(38)35(28(39)43-25)18-26(37)34-13-11-33(12-14-34)21-6-2-1-3-7-21/h1-10,15-17H,11-14,18H2/b25-16+. The number of ether oxygens (including phenoxy) is 1. The van der Waals surface area contributed by atoms with Crippen LogP contribution in [-0.4, -0.2) is 64.5 Å². The van der Waals surface area contributed by atoms with Gasteiger partial charge in [0.15, 0.2) is 0 Å². The molecule has 2 heterocycles. The number of hydrogen-bond donors (Lipinski definition) is 0. The highest BCUT2D eigenvalue weighted by Gasteiger charge is 2.38. The predicted molar refractivity (Wildman–Crippen MR) is 153 cm³/mol. The van der Waals surface area contributed by atoms with Crippen molar-refractivity contribution in [3.8, 4) is 11.5 Å². The van der Waals surface area contributed by atoms with Crippen LogP contribution in [0.1, 0.15) is 11.1 Å². The van der Waals surface area contributed by atoms with Gasteiger partial charge >= 0.3 is 11.9 Å². The molecule has 2 aliphatic heterocycles. The van der Waals surface area contributed by atoms with Gasteiger partial charge in [-0.25, -0.2) is 0 Å². The number of imide groups is 1. The van der Waals surface area contributed by atoms with Crippen molar-refractivity contribution < 1.29 is 37.2 Å². The zero-order valence-corrected chi connectivity index (χ0v) is 23.1. The molecule has 3 aromatic carbocycles. The number of amides is 3. The summed E-state index contributed by atoms with van der Waals surface area (Å²) in [6, 6.07) is 17.6. The lowest BCUT2D eigenvalue weighted by Gasteiger charge is -2.36. The highest BCUT2D eigenvalue weighted by molar-refractivity contribution is 8.18. The van der Waals surface area contributed by atoms with Gasteiger partial charge in [0.2, 0.25) is 11.7 Å². The summed E-state index contributed by atoms with van der Waals surface area (Å²) in [7, 11) is 0. The van der Waals surface area contributed by atoms with Crippen LogP contribution in [0.2, 0.25) is 0 Å². The number of alkyl halides is 3. The van der Waals surface area contributed by atoms with Crippen LogP contribution in [0.4, 0.5) is 29.3 Å². The molecule has 0 spiro atoms. The van der Waals surface area contributed by atoms with Crippen LogP contribution in [-0.2, 0) is 15.8 Å². The number of carbonyl (C=O) groups is 3. The number of anilines is 1. The average Bonchev–Trinajstić information content (AvgIpc) is 3.24. The van der Waals surface area contributed by atoms with Gasteiger partial charge < -0.3 is 14.5 Å². The van der Waals surface area contributed by atoms with E-state index in [1.807, 2.05) is 30.3 Å². The molecule has 2 aliphatic rings. The number of halogens is 3. The molecule has 2 saturated heterocycles. The first-order valence-electron chi connectivity index (χ1n) is 13.0. The van der Waals surface area contributed by atoms with Crippen LogP contribution in [0.15, 0.2) is 77.7 Å². The first-order chi connectivity index (χ1) is 20.5. The van der Waals surface area contributed by atoms with Crippen LogP contribution in [0.25, 0.3) is 6.08 Å². The lowest BCUT2D eigenvalue weighted by Crippen LogP contribution is -2.51. The Morgan fingerprint density at radius 2 is 1.70 bits per heavy atom. The topological polar surface area (TPSA) is 113 Å². The molecule has 10 nitrogen and oxygen atoms in total. The zero-order valence-electron chi connectivity index (χ0n) is 22.3. The lowest BCUT2D eigenvalue weighted by molar-refractivity contribution is -0.385. The maximum atomic E-state index is 13.0. The van der Waals surface area contributed by atoms with Gasteiger partial charge in [-0.1, -0.05) is 30.3 Å². The second-order valence-electron chi connectivity index (χ2n) is 9.58. The van der Waals surface area contributed by atoms with E-state index >= 15 is 0 Å². The Hall–Kier alpha value is -4.85. The van der Waals surface area contributed by atoms with Crippen LogP contribution in [0.3, 0.4) is 0 Å². The van der Waals surface area contributed by atoms with E-state index in [9.17, 15) is 37.7 Å². The molecule has 0 unspecified atom stereocenters. The molecule has 222 valence electrons. The number of hydrogen-bond acceptors (Lipinski definition) is 8. The number of nitrogens with zero attached hydrogens (tertiary/aromatic N) is 4. The molecule has 0 aromatic heterocycles. The summed E-state index contributed by atoms with van der Waals surface area (Å²) >= 11 is 0.666. The minimum Gasteiger partial charge on any atom is -0.450 e. The zero-order chi connectivity index (χ0) is 30.7. The average molecular weight is 613 g/mol. The summed E-state index contributed by atoms with van der Waals surface area (Å²) < 4.78 is 44.5. The van der Waals surface area contributed by atoms with E-state index in [2.05, 4.69) is 4.90 Å². The van der Waals surface area contributed by atoms with Gasteiger partial charge in [-0.2, -0.15) is 13.2 Å². The minimum absolute atomic E-state index is 0.0562. The molecule has 0 aliphatic carbocycles. The van der Waals surface area contributed by atoms with Gasteiger partial charge in [0, 0.05) is 37.9 Å². The monoisotopic (exact) mass is 612 g/mol. The molecule has 14 heteroatoms. The largest absolute Gasteiger partial charge is 0.450 e. The third kappa shape index (κ3) is 6.80. The SMILES string of the molecule is O=C(CN1C(=O)S/C(=C/c2cccc(Oc3ccc(C(F)(F)F)cc3[N+](=O)[O-])c2)C1=O)N1CCN(c2ccccc2)CC1. The van der Waals surface area contributed by atoms with Crippen molar-refractivity contribution in [2.75, 3.05) is 37.6 Å². The molecule has 0 atom stereocenters. The van der Waals surface area contributed by atoms with Gasteiger partial charge in [-0.3, -0.25) is 29.4 Å². The van der Waals surface area contributed by atoms with Crippen molar-refractivity contribution >= 4 is 46.3 Å².